The fourth-order valence-corrected chi connectivity index (χ4v) is 3.11. The third-order valence-electron chi connectivity index (χ3n) is 4.74. The summed E-state index contributed by atoms with van der Waals surface area (Å²) in [6, 6.07) is 14.1. The van der Waals surface area contributed by atoms with Crippen molar-refractivity contribution in [3.8, 4) is 11.5 Å². The first-order valence-corrected chi connectivity index (χ1v) is 9.45. The molecule has 5 heteroatoms. The molecule has 0 radical (unpaired) electrons. The number of hydrogen-bond acceptors (Lipinski definition) is 4. The smallest absolute Gasteiger partial charge is 0.220 e. The molecule has 3 rings (SSSR count). The number of aliphatic hydroxyl groups excluding tert-OH is 1. The molecule has 0 saturated carbocycles. The van der Waals surface area contributed by atoms with Gasteiger partial charge in [-0.25, -0.2) is 0 Å². The zero-order chi connectivity index (χ0) is 19.1. The molecule has 1 aliphatic heterocycles. The summed E-state index contributed by atoms with van der Waals surface area (Å²) in [4.78, 5) is 12.2. The maximum atomic E-state index is 12.2. The van der Waals surface area contributed by atoms with Gasteiger partial charge in [0.05, 0.1) is 0 Å². The Bertz CT molecular complexity index is 757. The number of aliphatic hydroxyl groups is 1. The van der Waals surface area contributed by atoms with Crippen molar-refractivity contribution in [3.63, 3.8) is 0 Å². The van der Waals surface area contributed by atoms with E-state index in [4.69, 9.17) is 9.47 Å². The molecule has 0 spiro atoms. The van der Waals surface area contributed by atoms with Crippen LogP contribution in [0.15, 0.2) is 42.5 Å². The number of amides is 1. The van der Waals surface area contributed by atoms with E-state index in [1.54, 1.807) is 0 Å². The third kappa shape index (κ3) is 5.73. The molecule has 0 saturated heterocycles. The quantitative estimate of drug-likeness (QED) is 0.751. The number of rotatable bonds is 8. The monoisotopic (exact) mass is 369 g/mol. The number of carbonyl (C=O) groups excluding carboxylic acids is 1. The lowest BCUT2D eigenvalue weighted by molar-refractivity contribution is -0.121. The average Bonchev–Trinajstić information content (AvgIpc) is 2.70. The Morgan fingerprint density at radius 3 is 2.52 bits per heavy atom. The molecule has 2 aromatic rings. The summed E-state index contributed by atoms with van der Waals surface area (Å²) in [7, 11) is 0. The summed E-state index contributed by atoms with van der Waals surface area (Å²) >= 11 is 0. The summed E-state index contributed by atoms with van der Waals surface area (Å²) < 4.78 is 11.1. The topological polar surface area (TPSA) is 67.8 Å². The number of fused-ring (bicyclic) bond motifs is 1. The van der Waals surface area contributed by atoms with Crippen molar-refractivity contribution in [2.45, 2.75) is 26.2 Å². The maximum Gasteiger partial charge on any atom is 0.220 e. The summed E-state index contributed by atoms with van der Waals surface area (Å²) in [5.41, 5.74) is 3.43. The zero-order valence-corrected chi connectivity index (χ0v) is 15.7. The summed E-state index contributed by atoms with van der Waals surface area (Å²) in [5.74, 6) is 1.52. The van der Waals surface area contributed by atoms with E-state index >= 15 is 0 Å². The second-order valence-corrected chi connectivity index (χ2v) is 7.02. The number of aryl methyl sites for hydroxylation is 2. The molecule has 2 aromatic carbocycles. The molecule has 0 aliphatic carbocycles. The van der Waals surface area contributed by atoms with Gasteiger partial charge in [-0.2, -0.15) is 0 Å². The van der Waals surface area contributed by atoms with Crippen LogP contribution in [0, 0.1) is 12.8 Å². The van der Waals surface area contributed by atoms with Crippen molar-refractivity contribution in [1.82, 2.24) is 5.32 Å². The number of ether oxygens (including phenoxy) is 2. The van der Waals surface area contributed by atoms with E-state index in [9.17, 15) is 9.90 Å². The van der Waals surface area contributed by atoms with Gasteiger partial charge in [-0.3, -0.25) is 4.79 Å². The minimum absolute atomic E-state index is 0.00718. The molecule has 2 N–H and O–H groups in total. The molecule has 27 heavy (non-hydrogen) atoms. The fraction of sp³-hybridized carbons (Fsp3) is 0.409. The minimum Gasteiger partial charge on any atom is -0.486 e. The Hall–Kier alpha value is -2.53. The maximum absolute atomic E-state index is 12.2. The molecule has 0 aromatic heterocycles. The lowest BCUT2D eigenvalue weighted by Crippen LogP contribution is -2.32. The van der Waals surface area contributed by atoms with Gasteiger partial charge < -0.3 is 19.9 Å². The van der Waals surface area contributed by atoms with Crippen LogP contribution in [-0.2, 0) is 17.6 Å². The number of nitrogens with one attached hydrogen (secondary N) is 1. The van der Waals surface area contributed by atoms with Crippen LogP contribution < -0.4 is 14.8 Å². The van der Waals surface area contributed by atoms with Gasteiger partial charge in [-0.15, -0.1) is 0 Å². The lowest BCUT2D eigenvalue weighted by Gasteiger charge is -2.19. The molecule has 144 valence electrons. The molecule has 1 aliphatic rings. The molecule has 0 fully saturated rings. The van der Waals surface area contributed by atoms with Crippen molar-refractivity contribution in [2.24, 2.45) is 5.92 Å². The van der Waals surface area contributed by atoms with Gasteiger partial charge in [0.2, 0.25) is 5.91 Å². The molecule has 1 heterocycles. The van der Waals surface area contributed by atoms with Gasteiger partial charge in [-0.05, 0) is 43.0 Å². The number of benzene rings is 2. The van der Waals surface area contributed by atoms with Gasteiger partial charge in [0, 0.05) is 25.5 Å². The van der Waals surface area contributed by atoms with Gasteiger partial charge in [0.25, 0.3) is 0 Å². The summed E-state index contributed by atoms with van der Waals surface area (Å²) in [6.45, 7) is 3.71. The Balaban J connectivity index is 1.43. The van der Waals surface area contributed by atoms with Crippen molar-refractivity contribution < 1.29 is 19.4 Å². The van der Waals surface area contributed by atoms with E-state index in [0.717, 1.165) is 23.5 Å². The average molecular weight is 369 g/mol. The highest BCUT2D eigenvalue weighted by Crippen LogP contribution is 2.31. The molecule has 0 unspecified atom stereocenters. The van der Waals surface area contributed by atoms with Crippen LogP contribution in [0.25, 0.3) is 0 Å². The number of hydrogen-bond donors (Lipinski definition) is 2. The molecule has 5 nitrogen and oxygen atoms in total. The minimum atomic E-state index is -0.00718. The van der Waals surface area contributed by atoms with Gasteiger partial charge in [0.1, 0.15) is 13.2 Å². The van der Waals surface area contributed by atoms with Crippen LogP contribution in [0.2, 0.25) is 0 Å². The Kier molecular flexibility index (Phi) is 6.71. The van der Waals surface area contributed by atoms with Crippen molar-refractivity contribution in [3.05, 3.63) is 59.2 Å². The van der Waals surface area contributed by atoms with E-state index in [2.05, 4.69) is 36.5 Å². The second-order valence-electron chi connectivity index (χ2n) is 7.02. The molecule has 1 atom stereocenters. The van der Waals surface area contributed by atoms with Crippen LogP contribution in [0.1, 0.15) is 23.1 Å². The van der Waals surface area contributed by atoms with Gasteiger partial charge in [-0.1, -0.05) is 35.9 Å². The first kappa shape index (κ1) is 19.2. The van der Waals surface area contributed by atoms with Crippen LogP contribution in [0.5, 0.6) is 11.5 Å². The molecular formula is C22H27NO4. The predicted molar refractivity (Wildman–Crippen MR) is 104 cm³/mol. The fourth-order valence-electron chi connectivity index (χ4n) is 3.11. The SMILES string of the molecule is Cc1ccc(C[C@H](CO)CNC(=O)CCc2ccc3c(c2)OCCO3)cc1. The van der Waals surface area contributed by atoms with Gasteiger partial charge in [0.15, 0.2) is 11.5 Å². The van der Waals surface area contributed by atoms with Crippen LogP contribution in [-0.4, -0.2) is 37.4 Å². The molecule has 0 bridgehead atoms. The number of carbonyl (C=O) groups is 1. The third-order valence-corrected chi connectivity index (χ3v) is 4.74. The van der Waals surface area contributed by atoms with Crippen LogP contribution in [0.4, 0.5) is 0 Å². The van der Waals surface area contributed by atoms with Gasteiger partial charge >= 0.3 is 0 Å². The van der Waals surface area contributed by atoms with Crippen LogP contribution in [0.3, 0.4) is 0 Å². The highest BCUT2D eigenvalue weighted by atomic mass is 16.6. The highest BCUT2D eigenvalue weighted by Gasteiger charge is 2.13. The van der Waals surface area contributed by atoms with Crippen molar-refractivity contribution >= 4 is 5.91 Å². The van der Waals surface area contributed by atoms with E-state index in [0.29, 0.717) is 32.6 Å². The lowest BCUT2D eigenvalue weighted by atomic mass is 9.99. The zero-order valence-electron chi connectivity index (χ0n) is 15.7. The second kappa shape index (κ2) is 9.42. The normalized spacial score (nSPS) is 13.9. The predicted octanol–water partition coefficient (Wildman–Crippen LogP) is 2.67. The van der Waals surface area contributed by atoms with E-state index < -0.39 is 0 Å². The standard InChI is InChI=1S/C22H27NO4/c1-16-2-4-17(5-3-16)12-19(15-24)14-23-22(25)9-7-18-6-8-20-21(13-18)27-11-10-26-20/h2-6,8,13,19,24H,7,9-12,14-15H2,1H3,(H,23,25)/t19-/m0/s1. The summed E-state index contributed by atoms with van der Waals surface area (Å²) in [6.07, 6.45) is 1.80. The molecule has 1 amide bonds. The highest BCUT2D eigenvalue weighted by molar-refractivity contribution is 5.76. The van der Waals surface area contributed by atoms with Crippen molar-refractivity contribution in [2.75, 3.05) is 26.4 Å². The first-order valence-electron chi connectivity index (χ1n) is 9.45. The van der Waals surface area contributed by atoms with Crippen LogP contribution >= 0.6 is 0 Å². The first-order chi connectivity index (χ1) is 13.1. The Morgan fingerprint density at radius 1 is 1.07 bits per heavy atom. The summed E-state index contributed by atoms with van der Waals surface area (Å²) in [5, 5.41) is 12.5. The molecular weight excluding hydrogens is 342 g/mol. The van der Waals surface area contributed by atoms with E-state index in [1.807, 2.05) is 18.2 Å². The largest absolute Gasteiger partial charge is 0.486 e. The Labute approximate surface area is 160 Å². The van der Waals surface area contributed by atoms with E-state index in [1.165, 1.54) is 11.1 Å². The Morgan fingerprint density at radius 2 is 1.78 bits per heavy atom. The van der Waals surface area contributed by atoms with E-state index in [-0.39, 0.29) is 18.4 Å². The van der Waals surface area contributed by atoms with Crippen molar-refractivity contribution in [1.29, 1.82) is 0 Å².